The van der Waals surface area contributed by atoms with E-state index in [4.69, 9.17) is 5.11 Å². The Labute approximate surface area is 97.4 Å². The lowest BCUT2D eigenvalue weighted by Gasteiger charge is -2.12. The number of carboxylic acids is 1. The molecule has 0 heterocycles. The second-order valence-electron chi connectivity index (χ2n) is 4.01. The normalized spacial score (nSPS) is 10.4. The van der Waals surface area contributed by atoms with Crippen molar-refractivity contribution in [2.75, 3.05) is 6.54 Å². The lowest BCUT2D eigenvalue weighted by molar-refractivity contribution is -0.137. The molecule has 0 aromatic rings. The molecular weight excluding hydrogens is 206 g/mol. The van der Waals surface area contributed by atoms with Gasteiger partial charge in [-0.3, -0.25) is 9.59 Å². The first-order chi connectivity index (χ1) is 7.61. The van der Waals surface area contributed by atoms with Crippen molar-refractivity contribution in [3.05, 3.63) is 0 Å². The van der Waals surface area contributed by atoms with Crippen LogP contribution in [0.1, 0.15) is 52.4 Å². The molecule has 0 spiro atoms. The van der Waals surface area contributed by atoms with Crippen LogP contribution in [0.4, 0.5) is 0 Å². The van der Waals surface area contributed by atoms with Gasteiger partial charge in [0.1, 0.15) is 0 Å². The van der Waals surface area contributed by atoms with Crippen LogP contribution in [0.15, 0.2) is 0 Å². The van der Waals surface area contributed by atoms with Crippen molar-refractivity contribution in [3.63, 3.8) is 0 Å². The molecule has 0 aromatic heterocycles. The Morgan fingerprint density at radius 1 is 1.12 bits per heavy atom. The van der Waals surface area contributed by atoms with Gasteiger partial charge in [0, 0.05) is 18.9 Å². The zero-order valence-corrected chi connectivity index (χ0v) is 10.3. The topological polar surface area (TPSA) is 66.4 Å². The summed E-state index contributed by atoms with van der Waals surface area (Å²) in [7, 11) is 0. The zero-order valence-electron chi connectivity index (χ0n) is 10.3. The van der Waals surface area contributed by atoms with Crippen molar-refractivity contribution < 1.29 is 14.7 Å². The van der Waals surface area contributed by atoms with Crippen LogP contribution in [0.3, 0.4) is 0 Å². The van der Waals surface area contributed by atoms with Gasteiger partial charge in [-0.1, -0.05) is 20.3 Å². The molecule has 0 aromatic carbocycles. The van der Waals surface area contributed by atoms with E-state index >= 15 is 0 Å². The molecule has 4 heteroatoms. The van der Waals surface area contributed by atoms with E-state index in [0.29, 0.717) is 13.0 Å². The number of rotatable bonds is 9. The average Bonchev–Trinajstić information content (AvgIpc) is 2.24. The Hall–Kier alpha value is -1.06. The van der Waals surface area contributed by atoms with Crippen LogP contribution >= 0.6 is 0 Å². The fourth-order valence-electron chi connectivity index (χ4n) is 1.59. The minimum absolute atomic E-state index is 0.124. The van der Waals surface area contributed by atoms with E-state index in [1.165, 1.54) is 0 Å². The number of hydrogen-bond donors (Lipinski definition) is 2. The predicted molar refractivity (Wildman–Crippen MR) is 63.2 cm³/mol. The van der Waals surface area contributed by atoms with Crippen LogP contribution < -0.4 is 5.32 Å². The van der Waals surface area contributed by atoms with Crippen molar-refractivity contribution in [1.82, 2.24) is 5.32 Å². The summed E-state index contributed by atoms with van der Waals surface area (Å²) in [5.74, 6) is -0.497. The van der Waals surface area contributed by atoms with E-state index in [1.807, 2.05) is 13.8 Å². The van der Waals surface area contributed by atoms with Crippen LogP contribution in [0.25, 0.3) is 0 Å². The number of carboxylic acid groups (broad SMARTS) is 1. The zero-order chi connectivity index (χ0) is 12.4. The molecule has 0 aliphatic carbocycles. The molecule has 0 aliphatic rings. The third kappa shape index (κ3) is 7.26. The molecule has 0 aliphatic heterocycles. The van der Waals surface area contributed by atoms with Gasteiger partial charge in [-0.2, -0.15) is 0 Å². The molecule has 0 radical (unpaired) electrons. The molecule has 0 bridgehead atoms. The van der Waals surface area contributed by atoms with Gasteiger partial charge in [0.15, 0.2) is 0 Å². The number of carbonyl (C=O) groups is 2. The van der Waals surface area contributed by atoms with Crippen LogP contribution in [0.5, 0.6) is 0 Å². The average molecular weight is 229 g/mol. The molecule has 0 saturated heterocycles. The molecule has 0 unspecified atom stereocenters. The molecule has 0 fully saturated rings. The second kappa shape index (κ2) is 9.19. The molecule has 1 amide bonds. The lowest BCUT2D eigenvalue weighted by atomic mass is 10.0. The van der Waals surface area contributed by atoms with Gasteiger partial charge in [-0.05, 0) is 25.7 Å². The highest BCUT2D eigenvalue weighted by Gasteiger charge is 2.12. The molecule has 94 valence electrons. The van der Waals surface area contributed by atoms with Crippen molar-refractivity contribution in [1.29, 1.82) is 0 Å². The number of hydrogen-bond acceptors (Lipinski definition) is 2. The smallest absolute Gasteiger partial charge is 0.303 e. The minimum Gasteiger partial charge on any atom is -0.481 e. The fourth-order valence-corrected chi connectivity index (χ4v) is 1.59. The van der Waals surface area contributed by atoms with E-state index in [1.54, 1.807) is 0 Å². The number of amides is 1. The summed E-state index contributed by atoms with van der Waals surface area (Å²) >= 11 is 0. The van der Waals surface area contributed by atoms with Gasteiger partial charge in [0.25, 0.3) is 0 Å². The van der Waals surface area contributed by atoms with Gasteiger partial charge < -0.3 is 10.4 Å². The molecule has 0 saturated carbocycles. The van der Waals surface area contributed by atoms with Gasteiger partial charge in [-0.25, -0.2) is 0 Å². The maximum atomic E-state index is 11.5. The largest absolute Gasteiger partial charge is 0.481 e. The van der Waals surface area contributed by atoms with Gasteiger partial charge in [-0.15, -0.1) is 0 Å². The fraction of sp³-hybridized carbons (Fsp3) is 0.833. The van der Waals surface area contributed by atoms with Crippen LogP contribution in [0.2, 0.25) is 0 Å². The van der Waals surface area contributed by atoms with Gasteiger partial charge >= 0.3 is 5.97 Å². The molecular formula is C12H23NO3. The van der Waals surface area contributed by atoms with E-state index in [-0.39, 0.29) is 18.2 Å². The quantitative estimate of drug-likeness (QED) is 0.595. The SMILES string of the molecule is CCC(CC)C(=O)NCCCCCC(=O)O. The van der Waals surface area contributed by atoms with Gasteiger partial charge in [0.05, 0.1) is 0 Å². The van der Waals surface area contributed by atoms with E-state index in [0.717, 1.165) is 25.7 Å². The second-order valence-corrected chi connectivity index (χ2v) is 4.01. The Kier molecular flexibility index (Phi) is 8.58. The maximum Gasteiger partial charge on any atom is 0.303 e. The molecule has 0 atom stereocenters. The third-order valence-electron chi connectivity index (χ3n) is 2.72. The van der Waals surface area contributed by atoms with Crippen LogP contribution in [0, 0.1) is 5.92 Å². The first-order valence-electron chi connectivity index (χ1n) is 6.11. The highest BCUT2D eigenvalue weighted by Crippen LogP contribution is 2.07. The lowest BCUT2D eigenvalue weighted by Crippen LogP contribution is -2.30. The monoisotopic (exact) mass is 229 g/mol. The Morgan fingerprint density at radius 2 is 1.75 bits per heavy atom. The number of aliphatic carboxylic acids is 1. The highest BCUT2D eigenvalue weighted by atomic mass is 16.4. The Morgan fingerprint density at radius 3 is 2.25 bits per heavy atom. The standard InChI is InChI=1S/C12H23NO3/c1-3-10(4-2)12(16)13-9-7-5-6-8-11(14)15/h10H,3-9H2,1-2H3,(H,13,16)(H,14,15). The number of nitrogens with one attached hydrogen (secondary N) is 1. The Balaban J connectivity index is 3.44. The summed E-state index contributed by atoms with van der Waals surface area (Å²) in [6.45, 7) is 4.69. The number of unbranched alkanes of at least 4 members (excludes halogenated alkanes) is 2. The number of carbonyl (C=O) groups excluding carboxylic acids is 1. The third-order valence-corrected chi connectivity index (χ3v) is 2.72. The Bertz CT molecular complexity index is 212. The van der Waals surface area contributed by atoms with Crippen molar-refractivity contribution in [2.45, 2.75) is 52.4 Å². The first-order valence-corrected chi connectivity index (χ1v) is 6.11. The van der Waals surface area contributed by atoms with Crippen LogP contribution in [-0.4, -0.2) is 23.5 Å². The summed E-state index contributed by atoms with van der Waals surface area (Å²) in [5, 5.41) is 11.3. The summed E-state index contributed by atoms with van der Waals surface area (Å²) in [6, 6.07) is 0. The first kappa shape index (κ1) is 14.9. The summed E-state index contributed by atoms with van der Waals surface area (Å²) < 4.78 is 0. The predicted octanol–water partition coefficient (Wildman–Crippen LogP) is 2.18. The molecule has 4 nitrogen and oxygen atoms in total. The van der Waals surface area contributed by atoms with Crippen molar-refractivity contribution >= 4 is 11.9 Å². The van der Waals surface area contributed by atoms with Crippen LogP contribution in [-0.2, 0) is 9.59 Å². The van der Waals surface area contributed by atoms with E-state index < -0.39 is 5.97 Å². The molecule has 0 rings (SSSR count). The highest BCUT2D eigenvalue weighted by molar-refractivity contribution is 5.78. The van der Waals surface area contributed by atoms with Gasteiger partial charge in [0.2, 0.25) is 5.91 Å². The maximum absolute atomic E-state index is 11.5. The van der Waals surface area contributed by atoms with Crippen molar-refractivity contribution in [2.24, 2.45) is 5.92 Å². The summed E-state index contributed by atoms with van der Waals surface area (Å²) in [6.07, 6.45) is 4.38. The minimum atomic E-state index is -0.749. The molecule has 16 heavy (non-hydrogen) atoms. The van der Waals surface area contributed by atoms with E-state index in [2.05, 4.69) is 5.32 Å². The molecule has 2 N–H and O–H groups in total. The van der Waals surface area contributed by atoms with E-state index in [9.17, 15) is 9.59 Å². The van der Waals surface area contributed by atoms with Crippen molar-refractivity contribution in [3.8, 4) is 0 Å². The summed E-state index contributed by atoms with van der Waals surface area (Å²) in [4.78, 5) is 21.8. The summed E-state index contributed by atoms with van der Waals surface area (Å²) in [5.41, 5.74) is 0.